The van der Waals surface area contributed by atoms with Gasteiger partial charge in [-0.1, -0.05) is 35.9 Å². The number of ether oxygens (including phenoxy) is 1. The molecule has 3 amide bonds. The third-order valence-corrected chi connectivity index (χ3v) is 4.81. The topological polar surface area (TPSA) is 115 Å². The van der Waals surface area contributed by atoms with Crippen LogP contribution in [0.25, 0.3) is 6.08 Å². The Morgan fingerprint density at radius 3 is 2.41 bits per heavy atom. The van der Waals surface area contributed by atoms with Gasteiger partial charge in [-0.15, -0.1) is 0 Å². The van der Waals surface area contributed by atoms with Gasteiger partial charge >= 0.3 is 6.03 Å². The van der Waals surface area contributed by atoms with Crippen LogP contribution in [-0.2, 0) is 11.3 Å². The van der Waals surface area contributed by atoms with Crippen molar-refractivity contribution in [2.45, 2.75) is 6.54 Å². The summed E-state index contributed by atoms with van der Waals surface area (Å²) in [5.41, 5.74) is 1.48. The molecule has 160 valence electrons. The number of hydrogen-bond donors (Lipinski definition) is 1. The van der Waals surface area contributed by atoms with Crippen molar-refractivity contribution in [3.8, 4) is 11.6 Å². The molecular weight excluding hydrogens is 436 g/mol. The summed E-state index contributed by atoms with van der Waals surface area (Å²) in [6, 6.07) is 15.8. The molecule has 10 heteroatoms. The van der Waals surface area contributed by atoms with Gasteiger partial charge in [0.15, 0.2) is 0 Å². The zero-order valence-electron chi connectivity index (χ0n) is 16.4. The molecule has 4 rings (SSSR count). The number of carbonyl (C=O) groups is 2. The highest BCUT2D eigenvalue weighted by atomic mass is 35.5. The average Bonchev–Trinajstić information content (AvgIpc) is 3.04. The standard InChI is InChI=1S/C22H15ClN4O5/c23-16-5-1-15(2-6-16)13-26-21(28)19(25-22(26)29)11-14-3-8-18(9-4-14)32-20-10-7-17(12-24-20)27(30)31/h1-12H,13H2,(H,25,29)/b19-11-. The molecule has 9 nitrogen and oxygen atoms in total. The number of rotatable bonds is 6. The summed E-state index contributed by atoms with van der Waals surface area (Å²) in [6.45, 7) is 0.133. The number of halogens is 1. The Kier molecular flexibility index (Phi) is 5.82. The van der Waals surface area contributed by atoms with Crippen molar-refractivity contribution in [2.24, 2.45) is 0 Å². The molecule has 1 saturated heterocycles. The summed E-state index contributed by atoms with van der Waals surface area (Å²) < 4.78 is 5.56. The van der Waals surface area contributed by atoms with E-state index in [9.17, 15) is 19.7 Å². The molecule has 3 aromatic rings. The van der Waals surface area contributed by atoms with Crippen LogP contribution in [0.1, 0.15) is 11.1 Å². The van der Waals surface area contributed by atoms with E-state index in [2.05, 4.69) is 10.3 Å². The number of hydrogen-bond acceptors (Lipinski definition) is 6. The minimum Gasteiger partial charge on any atom is -0.439 e. The van der Waals surface area contributed by atoms with E-state index in [4.69, 9.17) is 16.3 Å². The van der Waals surface area contributed by atoms with Gasteiger partial charge in [0.25, 0.3) is 11.6 Å². The highest BCUT2D eigenvalue weighted by molar-refractivity contribution is 6.30. The third kappa shape index (κ3) is 4.73. The second-order valence-corrected chi connectivity index (χ2v) is 7.23. The minimum absolute atomic E-state index is 0.132. The van der Waals surface area contributed by atoms with Crippen LogP contribution in [0, 0.1) is 10.1 Å². The van der Waals surface area contributed by atoms with Crippen LogP contribution >= 0.6 is 11.6 Å². The van der Waals surface area contributed by atoms with Crippen molar-refractivity contribution in [3.05, 3.63) is 98.8 Å². The number of urea groups is 1. The van der Waals surface area contributed by atoms with E-state index in [1.165, 1.54) is 12.1 Å². The molecule has 1 aromatic heterocycles. The summed E-state index contributed by atoms with van der Waals surface area (Å²) in [6.07, 6.45) is 2.67. The lowest BCUT2D eigenvalue weighted by atomic mass is 10.1. The van der Waals surface area contributed by atoms with E-state index in [0.29, 0.717) is 16.3 Å². The molecule has 1 aliphatic rings. The summed E-state index contributed by atoms with van der Waals surface area (Å²) in [5.74, 6) is 0.234. The second kappa shape index (κ2) is 8.86. The van der Waals surface area contributed by atoms with E-state index in [-0.39, 0.29) is 23.8 Å². The molecule has 0 radical (unpaired) electrons. The van der Waals surface area contributed by atoms with Gasteiger partial charge in [0, 0.05) is 17.2 Å². The Morgan fingerprint density at radius 1 is 1.06 bits per heavy atom. The Bertz CT molecular complexity index is 1210. The van der Waals surface area contributed by atoms with Gasteiger partial charge in [0.1, 0.15) is 17.6 Å². The van der Waals surface area contributed by atoms with E-state index in [0.717, 1.165) is 16.7 Å². The normalized spacial score (nSPS) is 14.5. The third-order valence-electron chi connectivity index (χ3n) is 4.56. The van der Waals surface area contributed by atoms with Gasteiger partial charge in [-0.25, -0.2) is 9.78 Å². The zero-order valence-corrected chi connectivity index (χ0v) is 17.2. The summed E-state index contributed by atoms with van der Waals surface area (Å²) >= 11 is 5.87. The number of nitrogens with zero attached hydrogens (tertiary/aromatic N) is 3. The Labute approximate surface area is 187 Å². The van der Waals surface area contributed by atoms with Gasteiger partial charge < -0.3 is 10.1 Å². The smallest absolute Gasteiger partial charge is 0.329 e. The molecule has 0 saturated carbocycles. The molecule has 0 aliphatic carbocycles. The van der Waals surface area contributed by atoms with Gasteiger partial charge in [0.2, 0.25) is 5.88 Å². The van der Waals surface area contributed by atoms with Gasteiger partial charge in [0.05, 0.1) is 11.5 Å². The predicted octanol–water partition coefficient (Wildman–Crippen LogP) is 4.53. The van der Waals surface area contributed by atoms with Crippen LogP contribution in [0.4, 0.5) is 10.5 Å². The molecular formula is C22H15ClN4O5. The fraction of sp³-hybridized carbons (Fsp3) is 0.0455. The van der Waals surface area contributed by atoms with Gasteiger partial charge in [-0.2, -0.15) is 0 Å². The van der Waals surface area contributed by atoms with Crippen molar-refractivity contribution < 1.29 is 19.2 Å². The molecule has 0 unspecified atom stereocenters. The highest BCUT2D eigenvalue weighted by Gasteiger charge is 2.33. The van der Waals surface area contributed by atoms with Crippen LogP contribution in [0.3, 0.4) is 0 Å². The number of imide groups is 1. The van der Waals surface area contributed by atoms with Crippen LogP contribution in [0.15, 0.2) is 72.6 Å². The van der Waals surface area contributed by atoms with Gasteiger partial charge in [-0.3, -0.25) is 19.8 Å². The van der Waals surface area contributed by atoms with Crippen molar-refractivity contribution >= 4 is 35.3 Å². The Balaban J connectivity index is 1.43. The van der Waals surface area contributed by atoms with E-state index in [1.54, 1.807) is 54.6 Å². The fourth-order valence-electron chi connectivity index (χ4n) is 2.95. The molecule has 32 heavy (non-hydrogen) atoms. The first kappa shape index (κ1) is 21.0. The lowest BCUT2D eigenvalue weighted by molar-refractivity contribution is -0.385. The number of pyridine rings is 1. The number of nitro groups is 1. The molecule has 0 bridgehead atoms. The van der Waals surface area contributed by atoms with Crippen molar-refractivity contribution in [1.82, 2.24) is 15.2 Å². The van der Waals surface area contributed by atoms with Crippen LogP contribution in [-0.4, -0.2) is 26.7 Å². The van der Waals surface area contributed by atoms with Crippen molar-refractivity contribution in [3.63, 3.8) is 0 Å². The zero-order chi connectivity index (χ0) is 22.7. The van der Waals surface area contributed by atoms with Crippen LogP contribution in [0.5, 0.6) is 11.6 Å². The molecule has 1 N–H and O–H groups in total. The number of carbonyl (C=O) groups excluding carboxylic acids is 2. The first-order valence-electron chi connectivity index (χ1n) is 9.36. The first-order chi connectivity index (χ1) is 15.4. The number of benzene rings is 2. The lowest BCUT2D eigenvalue weighted by Gasteiger charge is -2.11. The molecule has 1 aliphatic heterocycles. The second-order valence-electron chi connectivity index (χ2n) is 6.79. The predicted molar refractivity (Wildman–Crippen MR) is 116 cm³/mol. The Hall–Kier alpha value is -4.24. The maximum atomic E-state index is 12.6. The van der Waals surface area contributed by atoms with Crippen molar-refractivity contribution in [2.75, 3.05) is 0 Å². The fourth-order valence-corrected chi connectivity index (χ4v) is 3.07. The SMILES string of the molecule is O=C1N/C(=C\c2ccc(Oc3ccc([N+](=O)[O-])cn3)cc2)C(=O)N1Cc1ccc(Cl)cc1. The van der Waals surface area contributed by atoms with E-state index >= 15 is 0 Å². The highest BCUT2D eigenvalue weighted by Crippen LogP contribution is 2.23. The maximum absolute atomic E-state index is 12.6. The molecule has 2 heterocycles. The molecule has 0 spiro atoms. The van der Waals surface area contributed by atoms with Crippen molar-refractivity contribution in [1.29, 1.82) is 0 Å². The quantitative estimate of drug-likeness (QED) is 0.255. The Morgan fingerprint density at radius 2 is 1.78 bits per heavy atom. The molecule has 2 aromatic carbocycles. The molecule has 1 fully saturated rings. The number of amides is 3. The number of aromatic nitrogens is 1. The summed E-state index contributed by atoms with van der Waals surface area (Å²) in [4.78, 5) is 40.0. The van der Waals surface area contributed by atoms with E-state index in [1.807, 2.05) is 0 Å². The van der Waals surface area contributed by atoms with Gasteiger partial charge in [-0.05, 0) is 41.5 Å². The van der Waals surface area contributed by atoms with Crippen LogP contribution < -0.4 is 10.1 Å². The maximum Gasteiger partial charge on any atom is 0.329 e. The lowest BCUT2D eigenvalue weighted by Crippen LogP contribution is -2.30. The minimum atomic E-state index is -0.543. The first-order valence-corrected chi connectivity index (χ1v) is 9.74. The monoisotopic (exact) mass is 450 g/mol. The molecule has 0 atom stereocenters. The number of nitrogens with one attached hydrogen (secondary N) is 1. The summed E-state index contributed by atoms with van der Waals surface area (Å²) in [7, 11) is 0. The van der Waals surface area contributed by atoms with Crippen LogP contribution in [0.2, 0.25) is 5.02 Å². The summed E-state index contributed by atoms with van der Waals surface area (Å²) in [5, 5.41) is 13.8. The van der Waals surface area contributed by atoms with E-state index < -0.39 is 16.9 Å². The average molecular weight is 451 g/mol. The largest absolute Gasteiger partial charge is 0.439 e.